The molecular weight excluding hydrogens is 268 g/mol. The SMILES string of the molecule is Cc1ccc(Br)c(C(F)(F)F)c1Cl. The molecule has 0 spiro atoms. The van der Waals surface area contributed by atoms with Gasteiger partial charge in [0.05, 0.1) is 10.6 Å². The van der Waals surface area contributed by atoms with Gasteiger partial charge < -0.3 is 0 Å². The lowest BCUT2D eigenvalue weighted by Crippen LogP contribution is -2.07. The second-order valence-corrected chi connectivity index (χ2v) is 3.78. The number of hydrogen-bond acceptors (Lipinski definition) is 0. The highest BCUT2D eigenvalue weighted by atomic mass is 79.9. The molecule has 1 rings (SSSR count). The molecule has 0 nitrogen and oxygen atoms in total. The van der Waals surface area contributed by atoms with Crippen LogP contribution in [0.4, 0.5) is 13.2 Å². The van der Waals surface area contributed by atoms with E-state index in [1.54, 1.807) is 0 Å². The summed E-state index contributed by atoms with van der Waals surface area (Å²) in [5.41, 5.74) is -0.397. The van der Waals surface area contributed by atoms with Crippen LogP contribution in [0.5, 0.6) is 0 Å². The van der Waals surface area contributed by atoms with Crippen molar-refractivity contribution in [1.82, 2.24) is 0 Å². The summed E-state index contributed by atoms with van der Waals surface area (Å²) in [4.78, 5) is 0. The summed E-state index contributed by atoms with van der Waals surface area (Å²) < 4.78 is 37.1. The lowest BCUT2D eigenvalue weighted by atomic mass is 10.1. The lowest BCUT2D eigenvalue weighted by Gasteiger charge is -2.12. The topological polar surface area (TPSA) is 0 Å². The van der Waals surface area contributed by atoms with Gasteiger partial charge in [0.2, 0.25) is 0 Å². The molecule has 0 saturated heterocycles. The van der Waals surface area contributed by atoms with Crippen LogP contribution in [0.25, 0.3) is 0 Å². The van der Waals surface area contributed by atoms with E-state index in [-0.39, 0.29) is 9.50 Å². The first kappa shape index (κ1) is 10.9. The second-order valence-electron chi connectivity index (χ2n) is 2.55. The predicted molar refractivity (Wildman–Crippen MR) is 48.9 cm³/mol. The smallest absolute Gasteiger partial charge is 0.166 e. The van der Waals surface area contributed by atoms with Crippen LogP contribution in [0.2, 0.25) is 5.02 Å². The van der Waals surface area contributed by atoms with E-state index < -0.39 is 11.7 Å². The van der Waals surface area contributed by atoms with E-state index >= 15 is 0 Å². The molecule has 0 amide bonds. The van der Waals surface area contributed by atoms with E-state index in [9.17, 15) is 13.2 Å². The van der Waals surface area contributed by atoms with Crippen LogP contribution >= 0.6 is 27.5 Å². The Hall–Kier alpha value is -0.220. The molecule has 0 radical (unpaired) electrons. The Labute approximate surface area is 86.8 Å². The number of rotatable bonds is 0. The maximum atomic E-state index is 12.4. The zero-order valence-electron chi connectivity index (χ0n) is 6.54. The van der Waals surface area contributed by atoms with Gasteiger partial charge in [0.15, 0.2) is 0 Å². The van der Waals surface area contributed by atoms with E-state index in [0.717, 1.165) is 0 Å². The molecule has 13 heavy (non-hydrogen) atoms. The van der Waals surface area contributed by atoms with Crippen molar-refractivity contribution in [3.63, 3.8) is 0 Å². The van der Waals surface area contributed by atoms with Gasteiger partial charge in [0, 0.05) is 4.47 Å². The van der Waals surface area contributed by atoms with Crippen LogP contribution in [0.15, 0.2) is 16.6 Å². The van der Waals surface area contributed by atoms with E-state index in [1.165, 1.54) is 19.1 Å². The Kier molecular flexibility index (Phi) is 2.92. The average Bonchev–Trinajstić information content (AvgIpc) is 1.95. The molecule has 0 aliphatic rings. The molecule has 0 fully saturated rings. The monoisotopic (exact) mass is 272 g/mol. The van der Waals surface area contributed by atoms with Crippen LogP contribution in [0.3, 0.4) is 0 Å². The van der Waals surface area contributed by atoms with Crippen molar-refractivity contribution in [1.29, 1.82) is 0 Å². The van der Waals surface area contributed by atoms with E-state index in [4.69, 9.17) is 11.6 Å². The van der Waals surface area contributed by atoms with E-state index in [1.807, 2.05) is 0 Å². The maximum absolute atomic E-state index is 12.4. The summed E-state index contributed by atoms with van der Waals surface area (Å²) in [7, 11) is 0. The summed E-state index contributed by atoms with van der Waals surface area (Å²) in [5, 5.41) is -0.248. The van der Waals surface area contributed by atoms with Crippen LogP contribution in [-0.2, 0) is 6.18 Å². The van der Waals surface area contributed by atoms with Gasteiger partial charge in [-0.05, 0) is 18.6 Å². The second kappa shape index (κ2) is 3.50. The first-order valence-corrected chi connectivity index (χ1v) is 4.53. The minimum absolute atomic E-state index is 0.0319. The summed E-state index contributed by atoms with van der Waals surface area (Å²) in [6, 6.07) is 2.87. The van der Waals surface area contributed by atoms with Gasteiger partial charge in [-0.1, -0.05) is 33.6 Å². The van der Waals surface area contributed by atoms with Gasteiger partial charge in [-0.15, -0.1) is 0 Å². The number of hydrogen-bond donors (Lipinski definition) is 0. The third kappa shape index (κ3) is 2.17. The standard InChI is InChI=1S/C8H5BrClF3/c1-4-2-3-5(9)6(7(4)10)8(11,12)13/h2-3H,1H3. The molecule has 0 heterocycles. The van der Waals surface area contributed by atoms with Crippen LogP contribution in [0.1, 0.15) is 11.1 Å². The van der Waals surface area contributed by atoms with E-state index in [2.05, 4.69) is 15.9 Å². The molecule has 0 N–H and O–H groups in total. The Morgan fingerprint density at radius 1 is 1.31 bits per heavy atom. The fraction of sp³-hybridized carbons (Fsp3) is 0.250. The molecule has 0 aliphatic heterocycles. The minimum atomic E-state index is -4.41. The fourth-order valence-electron chi connectivity index (χ4n) is 0.917. The van der Waals surface area contributed by atoms with Crippen molar-refractivity contribution >= 4 is 27.5 Å². The zero-order valence-corrected chi connectivity index (χ0v) is 8.89. The average molecular weight is 273 g/mol. The van der Waals surface area contributed by atoms with Gasteiger partial charge in [0.25, 0.3) is 0 Å². The summed E-state index contributed by atoms with van der Waals surface area (Å²) in [6.45, 7) is 1.53. The van der Waals surface area contributed by atoms with Gasteiger partial charge in [-0.25, -0.2) is 0 Å². The van der Waals surface area contributed by atoms with Gasteiger partial charge >= 0.3 is 6.18 Å². The molecule has 0 atom stereocenters. The number of halogens is 5. The number of alkyl halides is 3. The Morgan fingerprint density at radius 2 is 1.85 bits per heavy atom. The molecule has 0 aliphatic carbocycles. The molecule has 0 aromatic heterocycles. The third-order valence-corrected chi connectivity index (χ3v) is 2.72. The van der Waals surface area contributed by atoms with Gasteiger partial charge in [0.1, 0.15) is 0 Å². The molecule has 1 aromatic rings. The largest absolute Gasteiger partial charge is 0.418 e. The predicted octanol–water partition coefficient (Wildman–Crippen LogP) is 4.43. The minimum Gasteiger partial charge on any atom is -0.166 e. The van der Waals surface area contributed by atoms with Crippen LogP contribution in [-0.4, -0.2) is 0 Å². The normalized spacial score (nSPS) is 11.8. The van der Waals surface area contributed by atoms with Crippen molar-refractivity contribution in [2.75, 3.05) is 0 Å². The van der Waals surface area contributed by atoms with Crippen molar-refractivity contribution < 1.29 is 13.2 Å². The molecule has 0 unspecified atom stereocenters. The summed E-state index contributed by atoms with van der Waals surface area (Å²) >= 11 is 8.35. The zero-order chi connectivity index (χ0) is 10.2. The highest BCUT2D eigenvalue weighted by Gasteiger charge is 2.35. The highest BCUT2D eigenvalue weighted by molar-refractivity contribution is 9.10. The highest BCUT2D eigenvalue weighted by Crippen LogP contribution is 2.40. The van der Waals surface area contributed by atoms with Crippen LogP contribution < -0.4 is 0 Å². The van der Waals surface area contributed by atoms with Crippen molar-refractivity contribution in [2.24, 2.45) is 0 Å². The molecular formula is C8H5BrClF3. The van der Waals surface area contributed by atoms with Crippen LogP contribution in [0, 0.1) is 6.92 Å². The molecule has 5 heteroatoms. The number of benzene rings is 1. The summed E-state index contributed by atoms with van der Waals surface area (Å²) in [5.74, 6) is 0. The van der Waals surface area contributed by atoms with Crippen molar-refractivity contribution in [3.8, 4) is 0 Å². The Bertz CT molecular complexity index is 333. The molecule has 0 saturated carbocycles. The first-order chi connectivity index (χ1) is 5.84. The van der Waals surface area contributed by atoms with Crippen molar-refractivity contribution in [3.05, 3.63) is 32.8 Å². The first-order valence-electron chi connectivity index (χ1n) is 3.36. The third-order valence-electron chi connectivity index (χ3n) is 1.57. The summed E-state index contributed by atoms with van der Waals surface area (Å²) in [6.07, 6.45) is -4.41. The maximum Gasteiger partial charge on any atom is 0.418 e. The Balaban J connectivity index is 3.43. The quantitative estimate of drug-likeness (QED) is 0.656. The molecule has 72 valence electrons. The van der Waals surface area contributed by atoms with Gasteiger partial charge in [-0.2, -0.15) is 13.2 Å². The fourth-order valence-corrected chi connectivity index (χ4v) is 1.86. The lowest BCUT2D eigenvalue weighted by molar-refractivity contribution is -0.138. The van der Waals surface area contributed by atoms with Crippen molar-refractivity contribution in [2.45, 2.75) is 13.1 Å². The molecule has 1 aromatic carbocycles. The Morgan fingerprint density at radius 3 is 2.23 bits per heavy atom. The molecule has 0 bridgehead atoms. The van der Waals surface area contributed by atoms with Gasteiger partial charge in [-0.3, -0.25) is 0 Å². The number of aryl methyl sites for hydroxylation is 1. The van der Waals surface area contributed by atoms with E-state index in [0.29, 0.717) is 5.56 Å².